The van der Waals surface area contributed by atoms with E-state index in [9.17, 15) is 10.1 Å². The Kier molecular flexibility index (Phi) is 3.99. The number of benzene rings is 1. The van der Waals surface area contributed by atoms with Crippen molar-refractivity contribution in [1.29, 1.82) is 0 Å². The predicted molar refractivity (Wildman–Crippen MR) is 68.4 cm³/mol. The molecule has 2 rings (SSSR count). The van der Waals surface area contributed by atoms with Crippen LogP contribution in [0.3, 0.4) is 0 Å². The van der Waals surface area contributed by atoms with Gasteiger partial charge in [-0.1, -0.05) is 25.3 Å². The highest BCUT2D eigenvalue weighted by Crippen LogP contribution is 2.35. The van der Waals surface area contributed by atoms with Gasteiger partial charge in [0.15, 0.2) is 5.75 Å². The van der Waals surface area contributed by atoms with Crippen LogP contribution in [0.25, 0.3) is 0 Å². The van der Waals surface area contributed by atoms with Gasteiger partial charge in [-0.25, -0.2) is 0 Å². The van der Waals surface area contributed by atoms with Gasteiger partial charge in [-0.05, 0) is 24.5 Å². The molecule has 0 unspecified atom stereocenters. The molecule has 1 aromatic carbocycles. The SMILES string of the molecule is NNc1cccc(OCCC2CCC2)c1[N+](=O)[O-]. The van der Waals surface area contributed by atoms with Gasteiger partial charge in [0, 0.05) is 0 Å². The van der Waals surface area contributed by atoms with Crippen molar-refractivity contribution in [1.82, 2.24) is 0 Å². The largest absolute Gasteiger partial charge is 0.487 e. The highest BCUT2D eigenvalue weighted by molar-refractivity contribution is 5.67. The highest BCUT2D eigenvalue weighted by atomic mass is 16.6. The molecule has 0 bridgehead atoms. The first kappa shape index (κ1) is 12.6. The van der Waals surface area contributed by atoms with Gasteiger partial charge in [-0.3, -0.25) is 16.0 Å². The van der Waals surface area contributed by atoms with Crippen molar-refractivity contribution < 1.29 is 9.66 Å². The van der Waals surface area contributed by atoms with Crippen LogP contribution in [0, 0.1) is 16.0 Å². The zero-order valence-corrected chi connectivity index (χ0v) is 10.1. The second-order valence-electron chi connectivity index (χ2n) is 4.49. The number of nitrogens with two attached hydrogens (primary N) is 1. The molecular weight excluding hydrogens is 234 g/mol. The molecular formula is C12H17N3O3. The minimum atomic E-state index is -0.478. The summed E-state index contributed by atoms with van der Waals surface area (Å²) in [5, 5.41) is 11.0. The monoisotopic (exact) mass is 251 g/mol. The van der Waals surface area contributed by atoms with E-state index < -0.39 is 4.92 Å². The third kappa shape index (κ3) is 2.70. The van der Waals surface area contributed by atoms with Crippen molar-refractivity contribution >= 4 is 11.4 Å². The van der Waals surface area contributed by atoms with Crippen LogP contribution < -0.4 is 16.0 Å². The van der Waals surface area contributed by atoms with Gasteiger partial charge in [0.25, 0.3) is 0 Å². The van der Waals surface area contributed by atoms with Gasteiger partial charge >= 0.3 is 5.69 Å². The first-order valence-corrected chi connectivity index (χ1v) is 6.09. The zero-order chi connectivity index (χ0) is 13.0. The third-order valence-electron chi connectivity index (χ3n) is 3.35. The van der Waals surface area contributed by atoms with E-state index in [1.165, 1.54) is 19.3 Å². The number of nitrogens with zero attached hydrogens (tertiary/aromatic N) is 1. The van der Waals surface area contributed by atoms with Crippen LogP contribution in [-0.4, -0.2) is 11.5 Å². The number of hydrogen-bond acceptors (Lipinski definition) is 5. The maximum Gasteiger partial charge on any atom is 0.335 e. The molecule has 1 fully saturated rings. The van der Waals surface area contributed by atoms with Gasteiger partial charge in [0.1, 0.15) is 5.69 Å². The van der Waals surface area contributed by atoms with Gasteiger partial charge in [-0.2, -0.15) is 0 Å². The fourth-order valence-electron chi connectivity index (χ4n) is 2.06. The van der Waals surface area contributed by atoms with Crippen molar-refractivity contribution in [2.45, 2.75) is 25.7 Å². The minimum Gasteiger partial charge on any atom is -0.487 e. The third-order valence-corrected chi connectivity index (χ3v) is 3.35. The number of nitrogens with one attached hydrogen (secondary N) is 1. The Hall–Kier alpha value is -1.82. The van der Waals surface area contributed by atoms with E-state index in [-0.39, 0.29) is 17.1 Å². The molecule has 0 atom stereocenters. The van der Waals surface area contributed by atoms with Crippen LogP contribution in [-0.2, 0) is 0 Å². The lowest BCUT2D eigenvalue weighted by molar-refractivity contribution is -0.385. The number of nitrogen functional groups attached to an aromatic ring is 1. The normalized spacial score (nSPS) is 14.9. The van der Waals surface area contributed by atoms with Crippen LogP contribution in [0.15, 0.2) is 18.2 Å². The molecule has 0 heterocycles. The summed E-state index contributed by atoms with van der Waals surface area (Å²) in [6, 6.07) is 4.83. The fraction of sp³-hybridized carbons (Fsp3) is 0.500. The first-order valence-electron chi connectivity index (χ1n) is 6.09. The number of para-hydroxylation sites is 1. The number of hydrazine groups is 1. The molecule has 1 saturated carbocycles. The fourth-order valence-corrected chi connectivity index (χ4v) is 2.06. The Balaban J connectivity index is 2.03. The summed E-state index contributed by atoms with van der Waals surface area (Å²) in [6.07, 6.45) is 4.74. The standard InChI is InChI=1S/C12H17N3O3/c13-14-10-5-2-6-11(12(10)15(16)17)18-8-7-9-3-1-4-9/h2,5-6,9,14H,1,3-4,7-8,13H2. The van der Waals surface area contributed by atoms with Crippen LogP contribution in [0.1, 0.15) is 25.7 Å². The number of hydrogen-bond donors (Lipinski definition) is 2. The lowest BCUT2D eigenvalue weighted by Crippen LogP contribution is -2.15. The minimum absolute atomic E-state index is 0.103. The van der Waals surface area contributed by atoms with Crippen molar-refractivity contribution in [3.05, 3.63) is 28.3 Å². The molecule has 1 aliphatic rings. The molecule has 6 nitrogen and oxygen atoms in total. The molecule has 0 aliphatic heterocycles. The second kappa shape index (κ2) is 5.68. The topological polar surface area (TPSA) is 90.4 Å². The van der Waals surface area contributed by atoms with Crippen molar-refractivity contribution in [3.8, 4) is 5.75 Å². The van der Waals surface area contributed by atoms with Crippen LogP contribution in [0.2, 0.25) is 0 Å². The summed E-state index contributed by atoms with van der Waals surface area (Å²) in [7, 11) is 0. The summed E-state index contributed by atoms with van der Waals surface area (Å²) in [6.45, 7) is 0.513. The highest BCUT2D eigenvalue weighted by Gasteiger charge is 2.21. The zero-order valence-electron chi connectivity index (χ0n) is 10.1. The van der Waals surface area contributed by atoms with Gasteiger partial charge in [0.05, 0.1) is 11.5 Å². The molecule has 1 aliphatic carbocycles. The van der Waals surface area contributed by atoms with Crippen molar-refractivity contribution in [2.75, 3.05) is 12.0 Å². The number of rotatable bonds is 6. The summed E-state index contributed by atoms with van der Waals surface area (Å²) in [4.78, 5) is 10.5. The van der Waals surface area contributed by atoms with E-state index in [4.69, 9.17) is 10.6 Å². The smallest absolute Gasteiger partial charge is 0.335 e. The Morgan fingerprint density at radius 1 is 1.50 bits per heavy atom. The molecule has 0 aromatic heterocycles. The quantitative estimate of drug-likeness (QED) is 0.460. The molecule has 0 amide bonds. The Morgan fingerprint density at radius 2 is 2.28 bits per heavy atom. The maximum absolute atomic E-state index is 11.0. The van der Waals surface area contributed by atoms with Gasteiger partial charge in [-0.15, -0.1) is 0 Å². The van der Waals surface area contributed by atoms with E-state index in [0.29, 0.717) is 6.61 Å². The molecule has 0 saturated heterocycles. The van der Waals surface area contributed by atoms with E-state index in [2.05, 4.69) is 5.43 Å². The Morgan fingerprint density at radius 3 is 2.83 bits per heavy atom. The molecule has 98 valence electrons. The van der Waals surface area contributed by atoms with E-state index in [1.54, 1.807) is 18.2 Å². The summed E-state index contributed by atoms with van der Waals surface area (Å²) in [5.74, 6) is 6.25. The summed E-state index contributed by atoms with van der Waals surface area (Å²) < 4.78 is 5.51. The molecule has 3 N–H and O–H groups in total. The first-order chi connectivity index (χ1) is 8.72. The van der Waals surface area contributed by atoms with E-state index >= 15 is 0 Å². The molecule has 6 heteroatoms. The molecule has 1 aromatic rings. The second-order valence-corrected chi connectivity index (χ2v) is 4.49. The summed E-state index contributed by atoms with van der Waals surface area (Å²) >= 11 is 0. The number of nitro benzene ring substituents is 1. The Labute approximate surface area is 105 Å². The van der Waals surface area contributed by atoms with Crippen molar-refractivity contribution in [2.24, 2.45) is 11.8 Å². The number of ether oxygens (including phenoxy) is 1. The average Bonchev–Trinajstić information content (AvgIpc) is 2.31. The predicted octanol–water partition coefficient (Wildman–Crippen LogP) is 2.45. The van der Waals surface area contributed by atoms with Crippen LogP contribution in [0.5, 0.6) is 5.75 Å². The van der Waals surface area contributed by atoms with E-state index in [0.717, 1.165) is 12.3 Å². The van der Waals surface area contributed by atoms with E-state index in [1.807, 2.05) is 0 Å². The number of nitro groups is 1. The van der Waals surface area contributed by atoms with Gasteiger partial charge < -0.3 is 10.2 Å². The number of anilines is 1. The lowest BCUT2D eigenvalue weighted by atomic mass is 9.83. The van der Waals surface area contributed by atoms with Crippen LogP contribution >= 0.6 is 0 Å². The maximum atomic E-state index is 11.0. The molecule has 0 spiro atoms. The van der Waals surface area contributed by atoms with Crippen LogP contribution in [0.4, 0.5) is 11.4 Å². The lowest BCUT2D eigenvalue weighted by Gasteiger charge is -2.24. The van der Waals surface area contributed by atoms with Crippen molar-refractivity contribution in [3.63, 3.8) is 0 Å². The molecule has 0 radical (unpaired) electrons. The summed E-state index contributed by atoms with van der Waals surface area (Å²) in [5.41, 5.74) is 2.48. The average molecular weight is 251 g/mol. The van der Waals surface area contributed by atoms with Gasteiger partial charge in [0.2, 0.25) is 0 Å². The Bertz CT molecular complexity index is 433. The molecule has 18 heavy (non-hydrogen) atoms.